The third-order valence-corrected chi connectivity index (χ3v) is 7.96. The number of esters is 2. The highest BCUT2D eigenvalue weighted by molar-refractivity contribution is 8.76. The van der Waals surface area contributed by atoms with Gasteiger partial charge in [0.05, 0.1) is 0 Å². The van der Waals surface area contributed by atoms with E-state index in [9.17, 15) is 19.2 Å². The molecule has 0 saturated heterocycles. The number of rotatable bonds is 15. The van der Waals surface area contributed by atoms with Gasteiger partial charge >= 0.3 is 24.1 Å². The van der Waals surface area contributed by atoms with Crippen molar-refractivity contribution in [2.24, 2.45) is 0 Å². The summed E-state index contributed by atoms with van der Waals surface area (Å²) >= 11 is 34.0. The topological polar surface area (TPSA) is 129 Å². The predicted octanol–water partition coefficient (Wildman–Crippen LogP) is 6.78. The number of alkyl carbamates (subject to hydrolysis) is 2. The molecule has 18 heteroatoms. The van der Waals surface area contributed by atoms with Crippen LogP contribution >= 0.6 is 91.2 Å². The number of amides is 2. The Labute approximate surface area is 291 Å². The van der Waals surface area contributed by atoms with Crippen molar-refractivity contribution >= 4 is 115 Å². The molecule has 0 radical (unpaired) electrons. The van der Waals surface area contributed by atoms with Crippen LogP contribution in [0.15, 0.2) is 60.7 Å². The Hall–Kier alpha value is -1.64. The van der Waals surface area contributed by atoms with Crippen LogP contribution in [0.25, 0.3) is 0 Å². The molecule has 0 fully saturated rings. The van der Waals surface area contributed by atoms with Crippen LogP contribution in [-0.2, 0) is 41.8 Å². The lowest BCUT2D eigenvalue weighted by Crippen LogP contribution is -2.45. The Morgan fingerprint density at radius 1 is 0.591 bits per heavy atom. The van der Waals surface area contributed by atoms with Gasteiger partial charge in [-0.15, -0.1) is 0 Å². The van der Waals surface area contributed by atoms with Crippen LogP contribution < -0.4 is 10.6 Å². The summed E-state index contributed by atoms with van der Waals surface area (Å²) in [7, 11) is 2.11. The Morgan fingerprint density at radius 2 is 0.932 bits per heavy atom. The molecule has 0 aromatic heterocycles. The second-order valence-electron chi connectivity index (χ2n) is 8.53. The van der Waals surface area contributed by atoms with E-state index in [1.54, 1.807) is 48.5 Å². The first-order chi connectivity index (χ1) is 20.7. The third kappa shape index (κ3) is 17.7. The molecule has 0 heterocycles. The molecular weight excluding hydrogens is 745 g/mol. The van der Waals surface area contributed by atoms with Crippen molar-refractivity contribution in [2.45, 2.75) is 32.9 Å². The number of carbonyl (C=O) groups is 4. The minimum atomic E-state index is -1.88. The Morgan fingerprint density at radius 3 is 1.25 bits per heavy atom. The number of carbonyl (C=O) groups excluding carboxylic acids is 4. The minimum Gasteiger partial charge on any atom is -0.460 e. The first-order valence-corrected chi connectivity index (χ1v) is 17.1. The second-order valence-corrected chi connectivity index (χ2v) is 16.1. The fraction of sp³-hybridized carbons (Fsp3) is 0.385. The molecule has 242 valence electrons. The molecule has 0 spiro atoms. The third-order valence-electron chi connectivity index (χ3n) is 4.89. The molecule has 0 bridgehead atoms. The summed E-state index contributed by atoms with van der Waals surface area (Å²) in [5.74, 6) is -1.94. The molecule has 10 nitrogen and oxygen atoms in total. The van der Waals surface area contributed by atoms with Gasteiger partial charge in [0.2, 0.25) is 7.59 Å². The van der Waals surface area contributed by atoms with Gasteiger partial charge in [0.15, 0.2) is 0 Å². The number of alkyl halides is 6. The monoisotopic (exact) mass is 768 g/mol. The highest BCUT2D eigenvalue weighted by Gasteiger charge is 2.30. The smallest absolute Gasteiger partial charge is 0.408 e. The maximum absolute atomic E-state index is 12.7. The van der Waals surface area contributed by atoms with Crippen LogP contribution in [0.3, 0.4) is 0 Å². The summed E-state index contributed by atoms with van der Waals surface area (Å²) in [4.78, 5) is 50.2. The van der Waals surface area contributed by atoms with Gasteiger partial charge in [-0.1, -0.05) is 152 Å². The number of hydrogen-bond donors (Lipinski definition) is 2. The molecular formula is C26H26Cl6N2O8S2. The lowest BCUT2D eigenvalue weighted by atomic mass is 10.2. The van der Waals surface area contributed by atoms with Crippen molar-refractivity contribution in [3.8, 4) is 0 Å². The number of benzene rings is 2. The van der Waals surface area contributed by atoms with Crippen molar-refractivity contribution in [3.05, 3.63) is 71.8 Å². The van der Waals surface area contributed by atoms with Gasteiger partial charge in [0.25, 0.3) is 0 Å². The molecule has 2 amide bonds. The summed E-state index contributed by atoms with van der Waals surface area (Å²) in [6, 6.07) is 15.3. The van der Waals surface area contributed by atoms with Gasteiger partial charge in [-0.3, -0.25) is 0 Å². The maximum Gasteiger partial charge on any atom is 0.408 e. The molecule has 44 heavy (non-hydrogen) atoms. The Bertz CT molecular complexity index is 1110. The Kier molecular flexibility index (Phi) is 17.3. The zero-order chi connectivity index (χ0) is 32.6. The first kappa shape index (κ1) is 38.5. The average molecular weight is 771 g/mol. The van der Waals surface area contributed by atoms with E-state index in [2.05, 4.69) is 10.6 Å². The summed E-state index contributed by atoms with van der Waals surface area (Å²) in [6.45, 7) is -1.24. The molecule has 2 aromatic rings. The zero-order valence-electron chi connectivity index (χ0n) is 22.5. The molecule has 2 atom stereocenters. The summed E-state index contributed by atoms with van der Waals surface area (Å²) in [5.41, 5.74) is 1.45. The normalized spacial score (nSPS) is 12.8. The minimum absolute atomic E-state index is 0.0471. The maximum atomic E-state index is 12.7. The van der Waals surface area contributed by atoms with E-state index in [1.165, 1.54) is 0 Å². The van der Waals surface area contributed by atoms with Gasteiger partial charge in [0, 0.05) is 11.5 Å². The molecule has 0 aliphatic rings. The predicted molar refractivity (Wildman–Crippen MR) is 175 cm³/mol. The lowest BCUT2D eigenvalue weighted by molar-refractivity contribution is -0.146. The molecule has 2 aromatic carbocycles. The van der Waals surface area contributed by atoms with Crippen molar-refractivity contribution in [1.29, 1.82) is 0 Å². The lowest BCUT2D eigenvalue weighted by Gasteiger charge is -2.20. The van der Waals surface area contributed by atoms with Crippen LogP contribution in [0.5, 0.6) is 0 Å². The number of hydrogen-bond acceptors (Lipinski definition) is 10. The number of halogens is 6. The van der Waals surface area contributed by atoms with Crippen molar-refractivity contribution < 1.29 is 38.1 Å². The SMILES string of the molecule is O=C(N[C@H](CSSC[C@@H](NC(=O)OCc1ccccc1)C(=O)OCC(Cl)(Cl)Cl)C(=O)OCC(Cl)(Cl)Cl)OCc1ccccc1. The number of nitrogens with one attached hydrogen (secondary N) is 2. The van der Waals surface area contributed by atoms with Gasteiger partial charge in [-0.2, -0.15) is 0 Å². The quantitative estimate of drug-likeness (QED) is 0.0658. The molecule has 0 unspecified atom stereocenters. The summed E-state index contributed by atoms with van der Waals surface area (Å²) in [5, 5.41) is 4.82. The highest BCUT2D eigenvalue weighted by Crippen LogP contribution is 2.28. The van der Waals surface area contributed by atoms with Crippen LogP contribution in [-0.4, -0.2) is 68.5 Å². The average Bonchev–Trinajstić information content (AvgIpc) is 2.97. The fourth-order valence-corrected chi connectivity index (χ4v) is 5.52. The second kappa shape index (κ2) is 19.8. The van der Waals surface area contributed by atoms with E-state index in [-0.39, 0.29) is 24.7 Å². The Balaban J connectivity index is 1.97. The zero-order valence-corrected chi connectivity index (χ0v) is 28.7. The largest absolute Gasteiger partial charge is 0.460 e. The van der Waals surface area contributed by atoms with E-state index < -0.39 is 57.0 Å². The van der Waals surface area contributed by atoms with E-state index in [0.29, 0.717) is 0 Å². The van der Waals surface area contributed by atoms with Gasteiger partial charge in [-0.05, 0) is 11.1 Å². The van der Waals surface area contributed by atoms with Gasteiger partial charge in [-0.25, -0.2) is 19.2 Å². The van der Waals surface area contributed by atoms with Crippen molar-refractivity contribution in [3.63, 3.8) is 0 Å². The molecule has 2 rings (SSSR count). The van der Waals surface area contributed by atoms with E-state index >= 15 is 0 Å². The summed E-state index contributed by atoms with van der Waals surface area (Å²) in [6.07, 6.45) is -1.79. The highest BCUT2D eigenvalue weighted by atomic mass is 35.6. The first-order valence-electron chi connectivity index (χ1n) is 12.4. The molecule has 2 N–H and O–H groups in total. The van der Waals surface area contributed by atoms with E-state index in [4.69, 9.17) is 88.6 Å². The van der Waals surface area contributed by atoms with Crippen LogP contribution in [0.2, 0.25) is 0 Å². The molecule has 0 aliphatic heterocycles. The van der Waals surface area contributed by atoms with Crippen LogP contribution in [0, 0.1) is 0 Å². The van der Waals surface area contributed by atoms with Crippen molar-refractivity contribution in [1.82, 2.24) is 10.6 Å². The summed E-state index contributed by atoms with van der Waals surface area (Å²) < 4.78 is 16.6. The van der Waals surface area contributed by atoms with Crippen molar-refractivity contribution in [2.75, 3.05) is 24.7 Å². The van der Waals surface area contributed by atoms with Gasteiger partial charge in [0.1, 0.15) is 38.5 Å². The molecule has 0 aliphatic carbocycles. The standard InChI is InChI=1S/C26H26Cl6N2O8S2/c27-25(28,29)15-41-21(35)19(33-23(37)39-11-17-7-3-1-4-8-17)13-43-44-14-20(22(36)42-16-26(30,31)32)34-24(38)40-12-18-9-5-2-6-10-18/h1-10,19-20H,11-16H2,(H,33,37)(H,34,38)/t19-,20-/m1/s1. The van der Waals surface area contributed by atoms with Crippen LogP contribution in [0.4, 0.5) is 9.59 Å². The number of ether oxygens (including phenoxy) is 4. The fourth-order valence-electron chi connectivity index (χ4n) is 2.89. The van der Waals surface area contributed by atoms with E-state index in [1.807, 2.05) is 12.1 Å². The van der Waals surface area contributed by atoms with E-state index in [0.717, 1.165) is 32.7 Å². The molecule has 0 saturated carbocycles. The van der Waals surface area contributed by atoms with Crippen LogP contribution in [0.1, 0.15) is 11.1 Å². The van der Waals surface area contributed by atoms with Gasteiger partial charge < -0.3 is 29.6 Å².